The van der Waals surface area contributed by atoms with E-state index in [4.69, 9.17) is 0 Å². The first-order valence-electron chi connectivity index (χ1n) is 8.75. The molecule has 1 aliphatic carbocycles. The zero-order valence-electron chi connectivity index (χ0n) is 14.0. The van der Waals surface area contributed by atoms with Gasteiger partial charge < -0.3 is 15.1 Å². The second kappa shape index (κ2) is 7.77. The fraction of sp³-hybridized carbons (Fsp3) is 1.00. The van der Waals surface area contributed by atoms with Gasteiger partial charge in [0.25, 0.3) is 0 Å². The molecule has 1 N–H and O–H groups in total. The molecular weight excluding hydrogens is 246 g/mol. The summed E-state index contributed by atoms with van der Waals surface area (Å²) in [6.07, 6.45) is 9.92. The van der Waals surface area contributed by atoms with Crippen molar-refractivity contribution < 1.29 is 0 Å². The van der Waals surface area contributed by atoms with Crippen molar-refractivity contribution in [2.24, 2.45) is 5.41 Å². The van der Waals surface area contributed by atoms with E-state index >= 15 is 0 Å². The van der Waals surface area contributed by atoms with Crippen LogP contribution >= 0.6 is 0 Å². The van der Waals surface area contributed by atoms with E-state index in [0.717, 1.165) is 12.6 Å². The summed E-state index contributed by atoms with van der Waals surface area (Å²) in [6.45, 7) is 8.39. The van der Waals surface area contributed by atoms with E-state index in [1.165, 1.54) is 71.1 Å². The SMILES string of the molecule is CCNCC1(CN(C)C2CCCN(C)C2)CCCCC1. The van der Waals surface area contributed by atoms with Crippen LogP contribution in [0.3, 0.4) is 0 Å². The molecule has 1 saturated carbocycles. The standard InChI is InChI=1S/C17H35N3/c1-4-18-14-17(10-6-5-7-11-17)15-20(3)16-9-8-12-19(2)13-16/h16,18H,4-15H2,1-3H3. The Labute approximate surface area is 126 Å². The van der Waals surface area contributed by atoms with E-state index < -0.39 is 0 Å². The highest BCUT2D eigenvalue weighted by Crippen LogP contribution is 2.37. The van der Waals surface area contributed by atoms with Crippen LogP contribution in [0.1, 0.15) is 51.9 Å². The Morgan fingerprint density at radius 3 is 2.60 bits per heavy atom. The maximum Gasteiger partial charge on any atom is 0.0220 e. The molecule has 0 spiro atoms. The van der Waals surface area contributed by atoms with Crippen LogP contribution in [0.15, 0.2) is 0 Å². The monoisotopic (exact) mass is 281 g/mol. The van der Waals surface area contributed by atoms with Gasteiger partial charge in [0.2, 0.25) is 0 Å². The largest absolute Gasteiger partial charge is 0.316 e. The normalized spacial score (nSPS) is 27.9. The minimum Gasteiger partial charge on any atom is -0.316 e. The van der Waals surface area contributed by atoms with E-state index in [1.807, 2.05) is 0 Å². The molecule has 2 rings (SSSR count). The van der Waals surface area contributed by atoms with Crippen molar-refractivity contribution in [3.63, 3.8) is 0 Å². The predicted molar refractivity (Wildman–Crippen MR) is 87.2 cm³/mol. The number of piperidine rings is 1. The van der Waals surface area contributed by atoms with Gasteiger partial charge in [0.05, 0.1) is 0 Å². The van der Waals surface area contributed by atoms with Gasteiger partial charge in [0.15, 0.2) is 0 Å². The molecule has 1 heterocycles. The molecule has 0 aromatic rings. The van der Waals surface area contributed by atoms with Gasteiger partial charge in [-0.3, -0.25) is 0 Å². The number of likely N-dealkylation sites (N-methyl/N-ethyl adjacent to an activating group) is 2. The molecule has 2 aliphatic rings. The molecule has 1 saturated heterocycles. The smallest absolute Gasteiger partial charge is 0.0220 e. The number of likely N-dealkylation sites (tertiary alicyclic amines) is 1. The molecule has 118 valence electrons. The van der Waals surface area contributed by atoms with Gasteiger partial charge in [-0.15, -0.1) is 0 Å². The van der Waals surface area contributed by atoms with Crippen molar-refractivity contribution >= 4 is 0 Å². The average Bonchev–Trinajstić information content (AvgIpc) is 2.46. The van der Waals surface area contributed by atoms with Crippen molar-refractivity contribution in [1.82, 2.24) is 15.1 Å². The fourth-order valence-corrected chi connectivity index (χ4v) is 4.24. The number of nitrogens with one attached hydrogen (secondary N) is 1. The Morgan fingerprint density at radius 2 is 1.95 bits per heavy atom. The lowest BCUT2D eigenvalue weighted by atomic mass is 9.73. The Bertz CT molecular complexity index is 273. The lowest BCUT2D eigenvalue weighted by molar-refractivity contribution is 0.0639. The van der Waals surface area contributed by atoms with Crippen molar-refractivity contribution in [3.8, 4) is 0 Å². The summed E-state index contributed by atoms with van der Waals surface area (Å²) in [5.74, 6) is 0. The third kappa shape index (κ3) is 4.44. The van der Waals surface area contributed by atoms with Gasteiger partial charge in [-0.2, -0.15) is 0 Å². The van der Waals surface area contributed by atoms with Crippen molar-refractivity contribution in [3.05, 3.63) is 0 Å². The second-order valence-electron chi connectivity index (χ2n) is 7.31. The molecular formula is C17H35N3. The quantitative estimate of drug-likeness (QED) is 0.807. The summed E-state index contributed by atoms with van der Waals surface area (Å²) >= 11 is 0. The zero-order chi connectivity index (χ0) is 14.4. The van der Waals surface area contributed by atoms with Gasteiger partial charge in [-0.1, -0.05) is 26.2 Å². The molecule has 1 atom stereocenters. The molecule has 2 fully saturated rings. The van der Waals surface area contributed by atoms with Crippen molar-refractivity contribution in [1.29, 1.82) is 0 Å². The molecule has 0 amide bonds. The summed E-state index contributed by atoms with van der Waals surface area (Å²) in [6, 6.07) is 0.772. The zero-order valence-corrected chi connectivity index (χ0v) is 14.0. The maximum atomic E-state index is 3.64. The summed E-state index contributed by atoms with van der Waals surface area (Å²) in [7, 11) is 4.64. The molecule has 0 bridgehead atoms. The van der Waals surface area contributed by atoms with Crippen LogP contribution in [0.4, 0.5) is 0 Å². The van der Waals surface area contributed by atoms with Crippen LogP contribution in [0, 0.1) is 5.41 Å². The third-order valence-electron chi connectivity index (χ3n) is 5.47. The number of nitrogens with zero attached hydrogens (tertiary/aromatic N) is 2. The highest BCUT2D eigenvalue weighted by Gasteiger charge is 2.34. The minimum atomic E-state index is 0.541. The number of hydrogen-bond donors (Lipinski definition) is 1. The summed E-state index contributed by atoms with van der Waals surface area (Å²) < 4.78 is 0. The Morgan fingerprint density at radius 1 is 1.20 bits per heavy atom. The Kier molecular flexibility index (Phi) is 6.31. The first-order valence-corrected chi connectivity index (χ1v) is 8.75. The minimum absolute atomic E-state index is 0.541. The van der Waals surface area contributed by atoms with Gasteiger partial charge >= 0.3 is 0 Å². The average molecular weight is 281 g/mol. The number of rotatable bonds is 6. The molecule has 0 aromatic heterocycles. The number of hydrogen-bond acceptors (Lipinski definition) is 3. The summed E-state index contributed by atoms with van der Waals surface area (Å²) in [4.78, 5) is 5.18. The van der Waals surface area contributed by atoms with E-state index in [9.17, 15) is 0 Å². The van der Waals surface area contributed by atoms with E-state index in [2.05, 4.69) is 36.1 Å². The molecule has 3 nitrogen and oxygen atoms in total. The predicted octanol–water partition coefficient (Wildman–Crippen LogP) is 2.57. The van der Waals surface area contributed by atoms with Gasteiger partial charge in [-0.25, -0.2) is 0 Å². The van der Waals surface area contributed by atoms with Crippen molar-refractivity contribution in [2.45, 2.75) is 57.9 Å². The Balaban J connectivity index is 1.91. The molecule has 0 aromatic carbocycles. The van der Waals surface area contributed by atoms with Crippen LogP contribution in [0.2, 0.25) is 0 Å². The lowest BCUT2D eigenvalue weighted by Crippen LogP contribution is -2.51. The summed E-state index contributed by atoms with van der Waals surface area (Å²) in [5, 5.41) is 3.64. The van der Waals surface area contributed by atoms with Gasteiger partial charge in [0, 0.05) is 25.7 Å². The van der Waals surface area contributed by atoms with Gasteiger partial charge in [-0.05, 0) is 58.3 Å². The van der Waals surface area contributed by atoms with Crippen LogP contribution in [0.25, 0.3) is 0 Å². The van der Waals surface area contributed by atoms with Crippen molar-refractivity contribution in [2.75, 3.05) is 46.8 Å². The first kappa shape index (κ1) is 16.3. The second-order valence-corrected chi connectivity index (χ2v) is 7.31. The molecule has 3 heteroatoms. The fourth-order valence-electron chi connectivity index (χ4n) is 4.24. The van der Waals surface area contributed by atoms with Crippen LogP contribution in [-0.4, -0.2) is 62.7 Å². The molecule has 1 unspecified atom stereocenters. The molecule has 20 heavy (non-hydrogen) atoms. The lowest BCUT2D eigenvalue weighted by Gasteiger charge is -2.44. The van der Waals surface area contributed by atoms with Crippen LogP contribution in [0.5, 0.6) is 0 Å². The first-order chi connectivity index (χ1) is 9.65. The molecule has 0 radical (unpaired) electrons. The maximum absolute atomic E-state index is 3.64. The van der Waals surface area contributed by atoms with Crippen LogP contribution in [-0.2, 0) is 0 Å². The van der Waals surface area contributed by atoms with Crippen LogP contribution < -0.4 is 5.32 Å². The van der Waals surface area contributed by atoms with E-state index in [-0.39, 0.29) is 0 Å². The topological polar surface area (TPSA) is 18.5 Å². The summed E-state index contributed by atoms with van der Waals surface area (Å²) in [5.41, 5.74) is 0.541. The van der Waals surface area contributed by atoms with E-state index in [1.54, 1.807) is 0 Å². The van der Waals surface area contributed by atoms with Gasteiger partial charge in [0.1, 0.15) is 0 Å². The van der Waals surface area contributed by atoms with E-state index in [0.29, 0.717) is 5.41 Å². The molecule has 1 aliphatic heterocycles. The highest BCUT2D eigenvalue weighted by molar-refractivity contribution is 4.89. The third-order valence-corrected chi connectivity index (χ3v) is 5.47. The Hall–Kier alpha value is -0.120. The highest BCUT2D eigenvalue weighted by atomic mass is 15.2.